The molecule has 2 rings (SSSR count). The Labute approximate surface area is 132 Å². The number of benzene rings is 1. The van der Waals surface area contributed by atoms with Crippen molar-refractivity contribution in [1.29, 1.82) is 0 Å². The maximum absolute atomic E-state index is 12.9. The minimum Gasteiger partial charge on any atom is -0.492 e. The van der Waals surface area contributed by atoms with E-state index in [1.807, 2.05) is 6.92 Å². The van der Waals surface area contributed by atoms with E-state index in [4.69, 9.17) is 16.3 Å². The molecular formula is C15H22ClNO3S. The Morgan fingerprint density at radius 2 is 1.90 bits per heavy atom. The highest BCUT2D eigenvalue weighted by atomic mass is 35.5. The molecule has 0 radical (unpaired) electrons. The van der Waals surface area contributed by atoms with Crippen molar-refractivity contribution in [3.8, 4) is 5.75 Å². The van der Waals surface area contributed by atoms with Crippen molar-refractivity contribution in [2.45, 2.75) is 32.1 Å². The van der Waals surface area contributed by atoms with Crippen LogP contribution in [0.3, 0.4) is 0 Å². The summed E-state index contributed by atoms with van der Waals surface area (Å²) in [5.74, 6) is 1.09. The van der Waals surface area contributed by atoms with Crippen molar-refractivity contribution < 1.29 is 13.2 Å². The van der Waals surface area contributed by atoms with Crippen molar-refractivity contribution in [2.24, 2.45) is 11.8 Å². The van der Waals surface area contributed by atoms with Crippen LogP contribution in [-0.4, -0.2) is 32.4 Å². The lowest BCUT2D eigenvalue weighted by Gasteiger charge is -2.34. The Kier molecular flexibility index (Phi) is 5.17. The lowest BCUT2D eigenvalue weighted by molar-refractivity contribution is 0.222. The van der Waals surface area contributed by atoms with Gasteiger partial charge in [-0.2, -0.15) is 4.31 Å². The van der Waals surface area contributed by atoms with Gasteiger partial charge in [0, 0.05) is 18.1 Å². The second-order valence-electron chi connectivity index (χ2n) is 5.79. The van der Waals surface area contributed by atoms with Gasteiger partial charge in [-0.15, -0.1) is 0 Å². The van der Waals surface area contributed by atoms with Crippen molar-refractivity contribution in [1.82, 2.24) is 4.31 Å². The van der Waals surface area contributed by atoms with Crippen LogP contribution in [0.4, 0.5) is 0 Å². The Morgan fingerprint density at radius 1 is 1.29 bits per heavy atom. The summed E-state index contributed by atoms with van der Waals surface area (Å²) in [6, 6.07) is 4.74. The minimum atomic E-state index is -3.58. The molecule has 1 saturated heterocycles. The fourth-order valence-corrected chi connectivity index (χ4v) is 4.97. The van der Waals surface area contributed by atoms with Gasteiger partial charge in [-0.05, 0) is 43.4 Å². The van der Waals surface area contributed by atoms with E-state index < -0.39 is 10.0 Å². The lowest BCUT2D eigenvalue weighted by Crippen LogP contribution is -2.42. The van der Waals surface area contributed by atoms with E-state index in [2.05, 4.69) is 13.8 Å². The van der Waals surface area contributed by atoms with Crippen LogP contribution in [0.25, 0.3) is 0 Å². The second-order valence-corrected chi connectivity index (χ2v) is 8.13. The molecule has 0 unspecified atom stereocenters. The van der Waals surface area contributed by atoms with Gasteiger partial charge in [-0.3, -0.25) is 0 Å². The third kappa shape index (κ3) is 3.71. The lowest BCUT2D eigenvalue weighted by atomic mass is 9.94. The zero-order valence-corrected chi connectivity index (χ0v) is 14.2. The van der Waals surface area contributed by atoms with Gasteiger partial charge in [0.25, 0.3) is 0 Å². The maximum Gasteiger partial charge on any atom is 0.246 e. The average molecular weight is 332 g/mol. The van der Waals surface area contributed by atoms with Crippen molar-refractivity contribution in [3.63, 3.8) is 0 Å². The Bertz CT molecular complexity index is 593. The molecule has 0 N–H and O–H groups in total. The van der Waals surface area contributed by atoms with Crippen LogP contribution in [0.5, 0.6) is 5.75 Å². The summed E-state index contributed by atoms with van der Waals surface area (Å²) in [5.41, 5.74) is 0. The number of halogens is 1. The zero-order chi connectivity index (χ0) is 15.6. The molecular weight excluding hydrogens is 310 g/mol. The number of hydrogen-bond donors (Lipinski definition) is 0. The van der Waals surface area contributed by atoms with Gasteiger partial charge in [0.1, 0.15) is 10.6 Å². The normalized spacial score (nSPS) is 24.0. The molecule has 0 saturated carbocycles. The maximum atomic E-state index is 12.9. The van der Waals surface area contributed by atoms with Crippen LogP contribution in [0, 0.1) is 11.8 Å². The molecule has 2 atom stereocenters. The van der Waals surface area contributed by atoms with Gasteiger partial charge in [0.15, 0.2) is 0 Å². The number of nitrogens with zero attached hydrogens (tertiary/aromatic N) is 1. The summed E-state index contributed by atoms with van der Waals surface area (Å²) in [4.78, 5) is 0.165. The second kappa shape index (κ2) is 6.55. The van der Waals surface area contributed by atoms with Crippen molar-refractivity contribution in [3.05, 3.63) is 23.2 Å². The third-order valence-corrected chi connectivity index (χ3v) is 5.75. The van der Waals surface area contributed by atoms with E-state index in [1.165, 1.54) is 6.07 Å². The topological polar surface area (TPSA) is 46.6 Å². The molecule has 118 valence electrons. The van der Waals surface area contributed by atoms with Gasteiger partial charge in [0.05, 0.1) is 6.61 Å². The van der Waals surface area contributed by atoms with Gasteiger partial charge in [0.2, 0.25) is 10.0 Å². The first kappa shape index (κ1) is 16.6. The summed E-state index contributed by atoms with van der Waals surface area (Å²) in [6.45, 7) is 7.50. The first-order valence-corrected chi connectivity index (χ1v) is 9.09. The van der Waals surface area contributed by atoms with E-state index in [-0.39, 0.29) is 4.90 Å². The number of rotatable bonds is 4. The Balaban J connectivity index is 2.41. The summed E-state index contributed by atoms with van der Waals surface area (Å²) in [5, 5.41) is 0.398. The fraction of sp³-hybridized carbons (Fsp3) is 0.600. The number of sulfonamides is 1. The molecule has 0 aromatic heterocycles. The fourth-order valence-electron chi connectivity index (χ4n) is 2.90. The summed E-state index contributed by atoms with van der Waals surface area (Å²) in [7, 11) is -3.58. The Hall–Kier alpha value is -0.780. The number of piperidine rings is 1. The smallest absolute Gasteiger partial charge is 0.246 e. The number of ether oxygens (including phenoxy) is 1. The molecule has 6 heteroatoms. The molecule has 1 heterocycles. The predicted molar refractivity (Wildman–Crippen MR) is 84.3 cm³/mol. The van der Waals surface area contributed by atoms with Crippen LogP contribution in [0.15, 0.2) is 23.1 Å². The van der Waals surface area contributed by atoms with Crippen molar-refractivity contribution >= 4 is 21.6 Å². The first-order valence-electron chi connectivity index (χ1n) is 7.27. The van der Waals surface area contributed by atoms with E-state index in [9.17, 15) is 8.42 Å². The molecule has 0 aliphatic carbocycles. The number of hydrogen-bond acceptors (Lipinski definition) is 3. The van der Waals surface area contributed by atoms with Gasteiger partial charge in [-0.25, -0.2) is 8.42 Å². The monoisotopic (exact) mass is 331 g/mol. The quantitative estimate of drug-likeness (QED) is 0.849. The summed E-state index contributed by atoms with van der Waals surface area (Å²) < 4.78 is 32.8. The van der Waals surface area contributed by atoms with Gasteiger partial charge in [-0.1, -0.05) is 25.4 Å². The first-order chi connectivity index (χ1) is 9.84. The molecule has 4 nitrogen and oxygen atoms in total. The van der Waals surface area contributed by atoms with E-state index >= 15 is 0 Å². The van der Waals surface area contributed by atoms with Crippen LogP contribution >= 0.6 is 11.6 Å². The molecule has 1 fully saturated rings. The SMILES string of the molecule is CCOc1ccc(Cl)cc1S(=O)(=O)N1C[C@@H](C)C[C@H](C)C1. The largest absolute Gasteiger partial charge is 0.492 e. The van der Waals surface area contributed by atoms with E-state index in [1.54, 1.807) is 16.4 Å². The summed E-state index contributed by atoms with van der Waals surface area (Å²) >= 11 is 5.98. The zero-order valence-electron chi connectivity index (χ0n) is 12.7. The molecule has 0 bridgehead atoms. The third-order valence-electron chi connectivity index (χ3n) is 3.66. The molecule has 1 aliphatic heterocycles. The molecule has 1 aliphatic rings. The van der Waals surface area contributed by atoms with Crippen LogP contribution in [-0.2, 0) is 10.0 Å². The highest BCUT2D eigenvalue weighted by Crippen LogP contribution is 2.33. The Morgan fingerprint density at radius 3 is 2.48 bits per heavy atom. The average Bonchev–Trinajstić information content (AvgIpc) is 2.40. The molecule has 21 heavy (non-hydrogen) atoms. The molecule has 0 spiro atoms. The van der Waals surface area contributed by atoms with Crippen LogP contribution in [0.2, 0.25) is 5.02 Å². The van der Waals surface area contributed by atoms with E-state index in [0.29, 0.717) is 42.3 Å². The van der Waals surface area contributed by atoms with Gasteiger partial charge >= 0.3 is 0 Å². The van der Waals surface area contributed by atoms with E-state index in [0.717, 1.165) is 6.42 Å². The van der Waals surface area contributed by atoms with Crippen LogP contribution in [0.1, 0.15) is 27.2 Å². The predicted octanol–water partition coefficient (Wildman–Crippen LogP) is 3.41. The minimum absolute atomic E-state index is 0.165. The van der Waals surface area contributed by atoms with Gasteiger partial charge < -0.3 is 4.74 Å². The molecule has 0 amide bonds. The standard InChI is InChI=1S/C15H22ClNO3S/c1-4-20-14-6-5-13(16)8-15(14)21(18,19)17-9-11(2)7-12(3)10-17/h5-6,8,11-12H,4,7,9-10H2,1-3H3/t11-,12-/m0/s1. The summed E-state index contributed by atoms with van der Waals surface area (Å²) in [6.07, 6.45) is 1.06. The van der Waals surface area contributed by atoms with Crippen LogP contribution < -0.4 is 4.74 Å². The van der Waals surface area contributed by atoms with Crippen molar-refractivity contribution in [2.75, 3.05) is 19.7 Å². The molecule has 1 aromatic carbocycles. The molecule has 1 aromatic rings. The highest BCUT2D eigenvalue weighted by Gasteiger charge is 2.33. The highest BCUT2D eigenvalue weighted by molar-refractivity contribution is 7.89.